The van der Waals surface area contributed by atoms with Crippen molar-refractivity contribution in [3.05, 3.63) is 35.4 Å². The molecule has 2 nitrogen and oxygen atoms in total. The second kappa shape index (κ2) is 6.92. The van der Waals surface area contributed by atoms with Gasteiger partial charge in [-0.05, 0) is 17.7 Å². The van der Waals surface area contributed by atoms with Gasteiger partial charge in [0.25, 0.3) is 0 Å². The molecule has 16 heavy (non-hydrogen) atoms. The molecule has 0 saturated heterocycles. The predicted molar refractivity (Wildman–Crippen MR) is 66.2 cm³/mol. The van der Waals surface area contributed by atoms with Crippen LogP contribution < -0.4 is 5.32 Å². The number of amides is 1. The highest BCUT2D eigenvalue weighted by Gasteiger charge is 1.91. The van der Waals surface area contributed by atoms with Crippen molar-refractivity contribution in [1.29, 1.82) is 0 Å². The molecule has 1 aromatic rings. The fourth-order valence-electron chi connectivity index (χ4n) is 1.20. The first kappa shape index (κ1) is 12.6. The molecule has 0 heterocycles. The van der Waals surface area contributed by atoms with Gasteiger partial charge in [-0.2, -0.15) is 0 Å². The van der Waals surface area contributed by atoms with E-state index in [0.29, 0.717) is 18.8 Å². The van der Waals surface area contributed by atoms with Crippen LogP contribution in [0.3, 0.4) is 0 Å². The molecular weight excluding hydrogens is 222 g/mol. The number of nitrogens with one attached hydrogen (secondary N) is 1. The van der Waals surface area contributed by atoms with E-state index in [4.69, 9.17) is 11.6 Å². The standard InChI is InChI=1S/C13H14ClNO/c1-11(16)15-8-3-2-5-12-6-4-7-13(9-12)10-14/h4,6-7,9H,3,8,10H2,1H3,(H,15,16). The van der Waals surface area contributed by atoms with Crippen molar-refractivity contribution in [2.75, 3.05) is 6.54 Å². The van der Waals surface area contributed by atoms with Gasteiger partial charge < -0.3 is 5.32 Å². The van der Waals surface area contributed by atoms with Gasteiger partial charge >= 0.3 is 0 Å². The molecule has 1 rings (SSSR count). The van der Waals surface area contributed by atoms with Crippen LogP contribution in [-0.4, -0.2) is 12.5 Å². The number of benzene rings is 1. The van der Waals surface area contributed by atoms with E-state index in [1.54, 1.807) is 0 Å². The van der Waals surface area contributed by atoms with E-state index >= 15 is 0 Å². The van der Waals surface area contributed by atoms with Crippen LogP contribution in [0.5, 0.6) is 0 Å². The minimum absolute atomic E-state index is 0.0223. The summed E-state index contributed by atoms with van der Waals surface area (Å²) in [6.45, 7) is 2.09. The number of alkyl halides is 1. The van der Waals surface area contributed by atoms with Gasteiger partial charge in [0.2, 0.25) is 5.91 Å². The Labute approximate surface area is 101 Å². The number of rotatable bonds is 3. The highest BCUT2D eigenvalue weighted by atomic mass is 35.5. The molecule has 0 aliphatic heterocycles. The highest BCUT2D eigenvalue weighted by molar-refractivity contribution is 6.17. The van der Waals surface area contributed by atoms with Crippen molar-refractivity contribution in [2.24, 2.45) is 0 Å². The summed E-state index contributed by atoms with van der Waals surface area (Å²) in [5.41, 5.74) is 2.02. The van der Waals surface area contributed by atoms with Gasteiger partial charge in [0, 0.05) is 31.3 Å². The predicted octanol–water partition coefficient (Wildman–Crippen LogP) is 2.30. The summed E-state index contributed by atoms with van der Waals surface area (Å²) in [4.78, 5) is 10.6. The minimum atomic E-state index is -0.0223. The molecule has 1 aromatic carbocycles. The van der Waals surface area contributed by atoms with E-state index < -0.39 is 0 Å². The van der Waals surface area contributed by atoms with Crippen LogP contribution in [0, 0.1) is 11.8 Å². The second-order valence-corrected chi connectivity index (χ2v) is 3.64. The van der Waals surface area contributed by atoms with Gasteiger partial charge in [0.05, 0.1) is 0 Å². The zero-order valence-electron chi connectivity index (χ0n) is 9.22. The van der Waals surface area contributed by atoms with Gasteiger partial charge in [-0.1, -0.05) is 24.0 Å². The molecule has 0 bridgehead atoms. The summed E-state index contributed by atoms with van der Waals surface area (Å²) >= 11 is 5.72. The Hall–Kier alpha value is -1.46. The lowest BCUT2D eigenvalue weighted by atomic mass is 10.1. The lowest BCUT2D eigenvalue weighted by Gasteiger charge is -1.96. The average molecular weight is 236 g/mol. The fourth-order valence-corrected chi connectivity index (χ4v) is 1.36. The molecule has 0 aliphatic carbocycles. The molecule has 84 valence electrons. The monoisotopic (exact) mass is 235 g/mol. The molecular formula is C13H14ClNO. The largest absolute Gasteiger partial charge is 0.355 e. The summed E-state index contributed by atoms with van der Waals surface area (Å²) in [7, 11) is 0. The Morgan fingerprint density at radius 3 is 3.00 bits per heavy atom. The molecule has 3 heteroatoms. The van der Waals surface area contributed by atoms with Crippen LogP contribution >= 0.6 is 11.6 Å². The third-order valence-corrected chi connectivity index (χ3v) is 2.25. The molecule has 0 fully saturated rings. The normalized spacial score (nSPS) is 9.12. The van der Waals surface area contributed by atoms with E-state index in [2.05, 4.69) is 17.2 Å². The second-order valence-electron chi connectivity index (χ2n) is 3.37. The SMILES string of the molecule is CC(=O)NCCC#Cc1cccc(CCl)c1. The number of hydrogen-bond donors (Lipinski definition) is 1. The van der Waals surface area contributed by atoms with Crippen molar-refractivity contribution in [1.82, 2.24) is 5.32 Å². The zero-order chi connectivity index (χ0) is 11.8. The van der Waals surface area contributed by atoms with E-state index in [1.165, 1.54) is 6.92 Å². The maximum absolute atomic E-state index is 10.6. The third kappa shape index (κ3) is 4.86. The van der Waals surface area contributed by atoms with Gasteiger partial charge in [-0.15, -0.1) is 11.6 Å². The first-order valence-electron chi connectivity index (χ1n) is 5.10. The first-order valence-corrected chi connectivity index (χ1v) is 5.64. The minimum Gasteiger partial charge on any atom is -0.355 e. The Morgan fingerprint density at radius 1 is 1.50 bits per heavy atom. The van der Waals surface area contributed by atoms with Crippen molar-refractivity contribution in [3.63, 3.8) is 0 Å². The number of halogens is 1. The first-order chi connectivity index (χ1) is 7.72. The van der Waals surface area contributed by atoms with Crippen molar-refractivity contribution < 1.29 is 4.79 Å². The maximum Gasteiger partial charge on any atom is 0.216 e. The van der Waals surface area contributed by atoms with E-state index in [1.807, 2.05) is 24.3 Å². The fraction of sp³-hybridized carbons (Fsp3) is 0.308. The Morgan fingerprint density at radius 2 is 2.31 bits per heavy atom. The average Bonchev–Trinajstić information content (AvgIpc) is 2.28. The van der Waals surface area contributed by atoms with Gasteiger partial charge in [-0.25, -0.2) is 0 Å². The smallest absolute Gasteiger partial charge is 0.216 e. The van der Waals surface area contributed by atoms with Gasteiger partial charge in [0.15, 0.2) is 0 Å². The Bertz CT molecular complexity index is 417. The lowest BCUT2D eigenvalue weighted by Crippen LogP contribution is -2.20. The van der Waals surface area contributed by atoms with Crippen molar-refractivity contribution in [2.45, 2.75) is 19.2 Å². The topological polar surface area (TPSA) is 29.1 Å². The summed E-state index contributed by atoms with van der Waals surface area (Å²) in [6.07, 6.45) is 0.657. The van der Waals surface area contributed by atoms with E-state index in [-0.39, 0.29) is 5.91 Å². The quantitative estimate of drug-likeness (QED) is 0.486. The highest BCUT2D eigenvalue weighted by Crippen LogP contribution is 2.06. The lowest BCUT2D eigenvalue weighted by molar-refractivity contribution is -0.118. The van der Waals surface area contributed by atoms with E-state index in [9.17, 15) is 4.79 Å². The number of carbonyl (C=O) groups excluding carboxylic acids is 1. The Balaban J connectivity index is 2.46. The number of carbonyl (C=O) groups is 1. The number of hydrogen-bond acceptors (Lipinski definition) is 1. The molecule has 1 amide bonds. The molecule has 0 spiro atoms. The summed E-state index contributed by atoms with van der Waals surface area (Å²) in [6, 6.07) is 7.82. The molecule has 1 N–H and O–H groups in total. The Kier molecular flexibility index (Phi) is 5.45. The van der Waals surface area contributed by atoms with Crippen LogP contribution in [0.4, 0.5) is 0 Å². The zero-order valence-corrected chi connectivity index (χ0v) is 9.97. The van der Waals surface area contributed by atoms with Crippen LogP contribution in [-0.2, 0) is 10.7 Å². The summed E-state index contributed by atoms with van der Waals surface area (Å²) in [5.74, 6) is 6.51. The molecule has 0 atom stereocenters. The molecule has 0 aromatic heterocycles. The van der Waals surface area contributed by atoms with Gasteiger partial charge in [0.1, 0.15) is 0 Å². The molecule has 0 unspecified atom stereocenters. The van der Waals surface area contributed by atoms with Crippen LogP contribution in [0.1, 0.15) is 24.5 Å². The maximum atomic E-state index is 10.6. The van der Waals surface area contributed by atoms with Gasteiger partial charge in [-0.3, -0.25) is 4.79 Å². The molecule has 0 saturated carbocycles. The van der Waals surface area contributed by atoms with Crippen molar-refractivity contribution in [3.8, 4) is 11.8 Å². The summed E-state index contributed by atoms with van der Waals surface area (Å²) in [5, 5.41) is 2.69. The molecule has 0 aliphatic rings. The van der Waals surface area contributed by atoms with Crippen LogP contribution in [0.15, 0.2) is 24.3 Å². The molecule has 0 radical (unpaired) electrons. The van der Waals surface area contributed by atoms with Crippen LogP contribution in [0.2, 0.25) is 0 Å². The van der Waals surface area contributed by atoms with Crippen LogP contribution in [0.25, 0.3) is 0 Å². The summed E-state index contributed by atoms with van der Waals surface area (Å²) < 4.78 is 0. The third-order valence-electron chi connectivity index (χ3n) is 1.94. The van der Waals surface area contributed by atoms with Crippen molar-refractivity contribution >= 4 is 17.5 Å². The van der Waals surface area contributed by atoms with E-state index in [0.717, 1.165) is 11.1 Å².